The number of nitrogens with two attached hydrogens (primary N) is 2. The first-order valence-electron chi connectivity index (χ1n) is 3.98. The van der Waals surface area contributed by atoms with Crippen LogP contribution in [0, 0.1) is 0 Å². The molecule has 6 heteroatoms. The molecule has 0 radical (unpaired) electrons. The van der Waals surface area contributed by atoms with Gasteiger partial charge in [-0.3, -0.25) is 10.1 Å². The van der Waals surface area contributed by atoms with Crippen molar-refractivity contribution in [2.75, 3.05) is 11.5 Å². The first-order valence-corrected chi connectivity index (χ1v) is 5.14. The topological polar surface area (TPSA) is 98.2 Å². The molecule has 5 nitrogen and oxygen atoms in total. The van der Waals surface area contributed by atoms with Crippen LogP contribution in [0.25, 0.3) is 0 Å². The Bertz CT molecular complexity index is 187. The quantitative estimate of drug-likeness (QED) is 0.571. The van der Waals surface area contributed by atoms with Crippen molar-refractivity contribution in [2.45, 2.75) is 19.4 Å². The predicted octanol–water partition coefficient (Wildman–Crippen LogP) is -0.348. The lowest BCUT2D eigenvalue weighted by atomic mass is 10.3. The summed E-state index contributed by atoms with van der Waals surface area (Å²) >= 11 is 1.39. The predicted molar refractivity (Wildman–Crippen MR) is 53.3 cm³/mol. The van der Waals surface area contributed by atoms with Crippen LogP contribution in [0.5, 0.6) is 0 Å². The molecular formula is C7H15N3O2S. The lowest BCUT2D eigenvalue weighted by molar-refractivity contribution is -0.117. The van der Waals surface area contributed by atoms with E-state index in [1.807, 2.05) is 12.2 Å². The van der Waals surface area contributed by atoms with Crippen LogP contribution in [-0.2, 0) is 4.79 Å². The minimum Gasteiger partial charge on any atom is -0.351 e. The van der Waals surface area contributed by atoms with Gasteiger partial charge in [0.15, 0.2) is 0 Å². The highest BCUT2D eigenvalue weighted by molar-refractivity contribution is 8.00. The summed E-state index contributed by atoms with van der Waals surface area (Å²) < 4.78 is 0. The van der Waals surface area contributed by atoms with Crippen LogP contribution in [-0.4, -0.2) is 29.5 Å². The van der Waals surface area contributed by atoms with Crippen LogP contribution >= 0.6 is 11.8 Å². The maximum atomic E-state index is 10.8. The molecule has 1 unspecified atom stereocenters. The van der Waals surface area contributed by atoms with Gasteiger partial charge in [0, 0.05) is 11.8 Å². The van der Waals surface area contributed by atoms with Crippen molar-refractivity contribution in [3.05, 3.63) is 0 Å². The molecule has 0 aliphatic heterocycles. The molecule has 5 N–H and O–H groups in total. The Morgan fingerprint density at radius 2 is 2.15 bits per heavy atom. The second kappa shape index (κ2) is 6.73. The zero-order valence-electron chi connectivity index (χ0n) is 7.58. The highest BCUT2D eigenvalue weighted by atomic mass is 32.2. The van der Waals surface area contributed by atoms with Crippen LogP contribution < -0.4 is 16.8 Å². The standard InChI is InChI=1S/C7H15N3O2S/c1-2-5(8)3-13-4-6(11)10-7(9)12/h5H,2-4,8H2,1H3,(H3,9,10,11,12). The summed E-state index contributed by atoms with van der Waals surface area (Å²) in [6.07, 6.45) is 0.879. The molecule has 13 heavy (non-hydrogen) atoms. The molecule has 0 fully saturated rings. The number of carbonyl (C=O) groups is 2. The Kier molecular flexibility index (Phi) is 6.34. The number of imide groups is 1. The Morgan fingerprint density at radius 3 is 2.62 bits per heavy atom. The molecule has 0 saturated heterocycles. The molecule has 3 amide bonds. The molecule has 0 aliphatic rings. The average molecular weight is 205 g/mol. The molecule has 0 aliphatic carbocycles. The highest BCUT2D eigenvalue weighted by Crippen LogP contribution is 2.02. The first kappa shape index (κ1) is 12.2. The zero-order chi connectivity index (χ0) is 10.3. The lowest BCUT2D eigenvalue weighted by Gasteiger charge is -2.06. The molecule has 1 atom stereocenters. The molecule has 0 aromatic heterocycles. The van der Waals surface area contributed by atoms with E-state index in [2.05, 4.69) is 0 Å². The summed E-state index contributed by atoms with van der Waals surface area (Å²) in [5.74, 6) is 0.556. The van der Waals surface area contributed by atoms with E-state index in [4.69, 9.17) is 11.5 Å². The monoisotopic (exact) mass is 205 g/mol. The Hall–Kier alpha value is -0.750. The van der Waals surface area contributed by atoms with Crippen molar-refractivity contribution >= 4 is 23.7 Å². The van der Waals surface area contributed by atoms with Crippen molar-refractivity contribution in [3.8, 4) is 0 Å². The molecule has 76 valence electrons. The summed E-state index contributed by atoms with van der Waals surface area (Å²) in [6, 6.07) is -0.711. The van der Waals surface area contributed by atoms with Gasteiger partial charge in [-0.05, 0) is 6.42 Å². The molecule has 0 heterocycles. The van der Waals surface area contributed by atoms with Crippen LogP contribution in [0.1, 0.15) is 13.3 Å². The third-order valence-electron chi connectivity index (χ3n) is 1.35. The van der Waals surface area contributed by atoms with Crippen molar-refractivity contribution in [2.24, 2.45) is 11.5 Å². The molecule has 0 spiro atoms. The Balaban J connectivity index is 3.42. The summed E-state index contributed by atoms with van der Waals surface area (Å²) in [4.78, 5) is 21.1. The number of nitrogens with one attached hydrogen (secondary N) is 1. The van der Waals surface area contributed by atoms with E-state index in [1.165, 1.54) is 11.8 Å². The van der Waals surface area contributed by atoms with Gasteiger partial charge in [-0.25, -0.2) is 4.79 Å². The Labute approximate surface area is 81.6 Å². The van der Waals surface area contributed by atoms with E-state index in [9.17, 15) is 9.59 Å². The van der Waals surface area contributed by atoms with Gasteiger partial charge in [0.2, 0.25) is 5.91 Å². The van der Waals surface area contributed by atoms with Crippen molar-refractivity contribution in [1.82, 2.24) is 5.32 Å². The summed E-state index contributed by atoms with van der Waals surface area (Å²) in [7, 11) is 0. The second-order valence-corrected chi connectivity index (χ2v) is 3.63. The minimum absolute atomic E-state index is 0.103. The molecule has 0 rings (SSSR count). The van der Waals surface area contributed by atoms with Gasteiger partial charge in [-0.1, -0.05) is 6.92 Å². The van der Waals surface area contributed by atoms with Gasteiger partial charge in [0.25, 0.3) is 0 Å². The number of urea groups is 1. The second-order valence-electron chi connectivity index (χ2n) is 2.60. The van der Waals surface area contributed by atoms with E-state index in [1.54, 1.807) is 0 Å². The van der Waals surface area contributed by atoms with Crippen LogP contribution in [0.15, 0.2) is 0 Å². The molecular weight excluding hydrogens is 190 g/mol. The minimum atomic E-state index is -0.814. The number of primary amides is 1. The number of hydrogen-bond donors (Lipinski definition) is 3. The number of thioether (sulfide) groups is 1. The number of rotatable bonds is 5. The van der Waals surface area contributed by atoms with Gasteiger partial charge in [0.1, 0.15) is 0 Å². The smallest absolute Gasteiger partial charge is 0.318 e. The maximum Gasteiger partial charge on any atom is 0.318 e. The summed E-state index contributed by atoms with van der Waals surface area (Å²) in [6.45, 7) is 1.98. The SMILES string of the molecule is CCC(N)CSCC(=O)NC(N)=O. The van der Waals surface area contributed by atoms with E-state index >= 15 is 0 Å². The third kappa shape index (κ3) is 7.61. The van der Waals surface area contributed by atoms with E-state index in [0.29, 0.717) is 5.75 Å². The van der Waals surface area contributed by atoms with Crippen LogP contribution in [0.2, 0.25) is 0 Å². The van der Waals surface area contributed by atoms with E-state index in [-0.39, 0.29) is 17.7 Å². The van der Waals surface area contributed by atoms with E-state index in [0.717, 1.165) is 6.42 Å². The lowest BCUT2D eigenvalue weighted by Crippen LogP contribution is -2.36. The van der Waals surface area contributed by atoms with Gasteiger partial charge < -0.3 is 11.5 Å². The summed E-state index contributed by atoms with van der Waals surface area (Å²) in [5.41, 5.74) is 10.4. The maximum absolute atomic E-state index is 10.8. The van der Waals surface area contributed by atoms with Crippen LogP contribution in [0.4, 0.5) is 4.79 Å². The van der Waals surface area contributed by atoms with Crippen molar-refractivity contribution in [1.29, 1.82) is 0 Å². The Morgan fingerprint density at radius 1 is 1.54 bits per heavy atom. The van der Waals surface area contributed by atoms with Gasteiger partial charge in [0.05, 0.1) is 5.75 Å². The number of hydrogen-bond acceptors (Lipinski definition) is 4. The van der Waals surface area contributed by atoms with Gasteiger partial charge >= 0.3 is 6.03 Å². The van der Waals surface area contributed by atoms with Gasteiger partial charge in [-0.2, -0.15) is 11.8 Å². The largest absolute Gasteiger partial charge is 0.351 e. The molecule has 0 saturated carbocycles. The van der Waals surface area contributed by atoms with Crippen molar-refractivity contribution in [3.63, 3.8) is 0 Å². The first-order chi connectivity index (χ1) is 6.06. The number of amides is 3. The fourth-order valence-corrected chi connectivity index (χ4v) is 1.51. The third-order valence-corrected chi connectivity index (χ3v) is 2.48. The normalized spacial score (nSPS) is 12.2. The van der Waals surface area contributed by atoms with E-state index < -0.39 is 6.03 Å². The van der Waals surface area contributed by atoms with Gasteiger partial charge in [-0.15, -0.1) is 0 Å². The molecule has 0 aromatic carbocycles. The summed E-state index contributed by atoms with van der Waals surface area (Å²) in [5, 5.41) is 1.97. The van der Waals surface area contributed by atoms with Crippen LogP contribution in [0.3, 0.4) is 0 Å². The number of carbonyl (C=O) groups excluding carboxylic acids is 2. The zero-order valence-corrected chi connectivity index (χ0v) is 8.39. The molecule has 0 aromatic rings. The fraction of sp³-hybridized carbons (Fsp3) is 0.714. The van der Waals surface area contributed by atoms with Crippen molar-refractivity contribution < 1.29 is 9.59 Å². The average Bonchev–Trinajstić information content (AvgIpc) is 2.02. The highest BCUT2D eigenvalue weighted by Gasteiger charge is 2.05. The molecule has 0 bridgehead atoms. The fourth-order valence-electron chi connectivity index (χ4n) is 0.594.